The maximum absolute atomic E-state index is 9.07. The summed E-state index contributed by atoms with van der Waals surface area (Å²) in [6, 6.07) is 0. The molecule has 0 radical (unpaired) electrons. The van der Waals surface area contributed by atoms with Crippen LogP contribution in [0.1, 0.15) is 6.92 Å². The number of azide groups is 1. The number of hydrogen-bond acceptors (Lipinski definition) is 9. The fraction of sp³-hybridized carbons (Fsp3) is 1.00. The Balaban J connectivity index is 3.04. The average Bonchev–Trinajstić information content (AvgIpc) is 2.66. The number of ether oxygens (including phenoxy) is 7. The van der Waals surface area contributed by atoms with E-state index in [1.54, 1.807) is 0 Å². The first-order chi connectivity index (χ1) is 13.3. The zero-order chi connectivity index (χ0) is 19.8. The van der Waals surface area contributed by atoms with Crippen LogP contribution in [0.3, 0.4) is 0 Å². The van der Waals surface area contributed by atoms with Crippen molar-refractivity contribution >= 4 is 0 Å². The monoisotopic (exact) mass is 395 g/mol. The van der Waals surface area contributed by atoms with Gasteiger partial charge < -0.3 is 38.3 Å². The molecule has 0 spiro atoms. The molecular formula is C16H33N3O8. The number of rotatable bonds is 22. The zero-order valence-electron chi connectivity index (χ0n) is 16.1. The third kappa shape index (κ3) is 23.0. The molecule has 0 aliphatic heterocycles. The number of nitrogens with zero attached hydrogens (tertiary/aromatic N) is 3. The van der Waals surface area contributed by atoms with Gasteiger partial charge in [-0.15, -0.1) is 0 Å². The first kappa shape index (κ1) is 26.0. The van der Waals surface area contributed by atoms with Crippen LogP contribution in [0.15, 0.2) is 5.11 Å². The number of aliphatic hydroxyl groups is 1. The summed E-state index contributed by atoms with van der Waals surface area (Å²) < 4.78 is 36.8. The highest BCUT2D eigenvalue weighted by molar-refractivity contribution is 4.50. The molecule has 0 amide bonds. The van der Waals surface area contributed by atoms with Crippen molar-refractivity contribution in [2.75, 3.05) is 92.5 Å². The van der Waals surface area contributed by atoms with Gasteiger partial charge in [-0.05, 0) is 12.5 Å². The normalized spacial score (nSPS) is 12.1. The summed E-state index contributed by atoms with van der Waals surface area (Å²) >= 11 is 0. The van der Waals surface area contributed by atoms with Crippen LogP contribution in [0.4, 0.5) is 0 Å². The second-order valence-electron chi connectivity index (χ2n) is 5.02. The van der Waals surface area contributed by atoms with Crippen LogP contribution >= 0.6 is 0 Å². The molecule has 0 saturated carbocycles. The van der Waals surface area contributed by atoms with E-state index in [-0.39, 0.29) is 6.61 Å². The molecule has 11 nitrogen and oxygen atoms in total. The predicted octanol–water partition coefficient (Wildman–Crippen LogP) is 0.751. The predicted molar refractivity (Wildman–Crippen MR) is 96.6 cm³/mol. The van der Waals surface area contributed by atoms with Gasteiger partial charge in [0, 0.05) is 11.5 Å². The van der Waals surface area contributed by atoms with E-state index in [0.29, 0.717) is 85.9 Å². The van der Waals surface area contributed by atoms with E-state index in [9.17, 15) is 0 Å². The van der Waals surface area contributed by atoms with Gasteiger partial charge in [0.2, 0.25) is 0 Å². The molecule has 0 fully saturated rings. The van der Waals surface area contributed by atoms with E-state index < -0.39 is 6.23 Å². The zero-order valence-corrected chi connectivity index (χ0v) is 16.1. The molecule has 0 aromatic heterocycles. The van der Waals surface area contributed by atoms with E-state index >= 15 is 0 Å². The van der Waals surface area contributed by atoms with E-state index in [1.165, 1.54) is 0 Å². The third-order valence-corrected chi connectivity index (χ3v) is 2.89. The lowest BCUT2D eigenvalue weighted by Crippen LogP contribution is -2.16. The molecule has 0 aliphatic carbocycles. The Labute approximate surface area is 160 Å². The number of aliphatic hydroxyl groups excluding tert-OH is 1. The molecule has 160 valence electrons. The van der Waals surface area contributed by atoms with Crippen molar-refractivity contribution in [3.8, 4) is 0 Å². The quantitative estimate of drug-likeness (QED) is 0.123. The lowest BCUT2D eigenvalue weighted by atomic mass is 10.6. The summed E-state index contributed by atoms with van der Waals surface area (Å²) in [6.45, 7) is 8.48. The molecule has 0 aliphatic rings. The van der Waals surface area contributed by atoms with E-state index in [4.69, 9.17) is 43.8 Å². The molecule has 11 heteroatoms. The van der Waals surface area contributed by atoms with Gasteiger partial charge in [0.25, 0.3) is 0 Å². The second kappa shape index (κ2) is 23.0. The minimum absolute atomic E-state index is 0.0497. The van der Waals surface area contributed by atoms with Crippen molar-refractivity contribution in [1.29, 1.82) is 0 Å². The SMILES string of the molecule is CCOCCOCCOCCOCCOCCOCCOCC(O)N=[N+]=[N-]. The summed E-state index contributed by atoms with van der Waals surface area (Å²) in [7, 11) is 0. The molecule has 0 bridgehead atoms. The minimum atomic E-state index is -1.16. The highest BCUT2D eigenvalue weighted by Crippen LogP contribution is 1.89. The fourth-order valence-corrected chi connectivity index (χ4v) is 1.64. The van der Waals surface area contributed by atoms with Gasteiger partial charge in [0.05, 0.1) is 85.9 Å². The van der Waals surface area contributed by atoms with Crippen LogP contribution in [0.25, 0.3) is 10.4 Å². The second-order valence-corrected chi connectivity index (χ2v) is 5.02. The molecule has 0 aromatic rings. The van der Waals surface area contributed by atoms with Gasteiger partial charge in [-0.1, -0.05) is 5.11 Å². The largest absolute Gasteiger partial charge is 0.385 e. The maximum Gasteiger partial charge on any atom is 0.156 e. The maximum atomic E-state index is 9.07. The molecule has 0 heterocycles. The molecule has 0 rings (SSSR count). The van der Waals surface area contributed by atoms with Gasteiger partial charge in [0.1, 0.15) is 0 Å². The first-order valence-electron chi connectivity index (χ1n) is 9.07. The van der Waals surface area contributed by atoms with Crippen LogP contribution in [-0.4, -0.2) is 104 Å². The minimum Gasteiger partial charge on any atom is -0.385 e. The van der Waals surface area contributed by atoms with E-state index in [2.05, 4.69) is 10.0 Å². The molecule has 27 heavy (non-hydrogen) atoms. The van der Waals surface area contributed by atoms with Crippen LogP contribution in [0, 0.1) is 0 Å². The summed E-state index contributed by atoms with van der Waals surface area (Å²) in [5.41, 5.74) is 8.08. The standard InChI is InChI=1S/C16H33N3O8/c1-2-21-3-4-22-5-6-23-7-8-24-9-10-25-11-12-26-13-14-27-15-16(20)18-19-17/h16,20H,2-15H2,1H3. The molecule has 1 unspecified atom stereocenters. The topological polar surface area (TPSA) is 134 Å². The van der Waals surface area contributed by atoms with Crippen molar-refractivity contribution in [1.82, 2.24) is 0 Å². The van der Waals surface area contributed by atoms with Crippen LogP contribution in [-0.2, 0) is 33.2 Å². The number of hydrogen-bond donors (Lipinski definition) is 1. The molecule has 0 aromatic carbocycles. The Hall–Kier alpha value is -1.01. The van der Waals surface area contributed by atoms with Crippen molar-refractivity contribution < 1.29 is 38.3 Å². The van der Waals surface area contributed by atoms with Crippen LogP contribution < -0.4 is 0 Å². The average molecular weight is 395 g/mol. The van der Waals surface area contributed by atoms with Crippen LogP contribution in [0.2, 0.25) is 0 Å². The Morgan fingerprint density at radius 3 is 1.33 bits per heavy atom. The third-order valence-electron chi connectivity index (χ3n) is 2.89. The highest BCUT2D eigenvalue weighted by Gasteiger charge is 1.99. The lowest BCUT2D eigenvalue weighted by Gasteiger charge is -2.08. The van der Waals surface area contributed by atoms with Gasteiger partial charge >= 0.3 is 0 Å². The molecule has 0 saturated heterocycles. The van der Waals surface area contributed by atoms with Crippen molar-refractivity contribution in [3.63, 3.8) is 0 Å². The van der Waals surface area contributed by atoms with Gasteiger partial charge in [-0.25, -0.2) is 0 Å². The highest BCUT2D eigenvalue weighted by atomic mass is 16.6. The summed E-state index contributed by atoms with van der Waals surface area (Å²) in [5, 5.41) is 12.1. The Morgan fingerprint density at radius 1 is 0.667 bits per heavy atom. The molecule has 1 atom stereocenters. The summed E-state index contributed by atoms with van der Waals surface area (Å²) in [6.07, 6.45) is -1.16. The Morgan fingerprint density at radius 2 is 1.00 bits per heavy atom. The van der Waals surface area contributed by atoms with Crippen molar-refractivity contribution in [3.05, 3.63) is 10.4 Å². The Bertz CT molecular complexity index is 346. The van der Waals surface area contributed by atoms with Gasteiger partial charge in [-0.2, -0.15) is 0 Å². The van der Waals surface area contributed by atoms with Gasteiger partial charge in [-0.3, -0.25) is 0 Å². The summed E-state index contributed by atoms with van der Waals surface area (Å²) in [5.74, 6) is 0. The van der Waals surface area contributed by atoms with E-state index in [0.717, 1.165) is 0 Å². The summed E-state index contributed by atoms with van der Waals surface area (Å²) in [4.78, 5) is 2.46. The first-order valence-corrected chi connectivity index (χ1v) is 9.07. The van der Waals surface area contributed by atoms with Crippen LogP contribution in [0.5, 0.6) is 0 Å². The lowest BCUT2D eigenvalue weighted by molar-refractivity contribution is -0.0248. The van der Waals surface area contributed by atoms with Gasteiger partial charge in [0.15, 0.2) is 6.23 Å². The Kier molecular flexibility index (Phi) is 22.2. The van der Waals surface area contributed by atoms with Crippen molar-refractivity contribution in [2.24, 2.45) is 5.11 Å². The fourth-order valence-electron chi connectivity index (χ4n) is 1.64. The van der Waals surface area contributed by atoms with Crippen molar-refractivity contribution in [2.45, 2.75) is 13.2 Å². The molecular weight excluding hydrogens is 362 g/mol. The molecule has 1 N–H and O–H groups in total. The smallest absolute Gasteiger partial charge is 0.156 e. The van der Waals surface area contributed by atoms with E-state index in [1.807, 2.05) is 6.92 Å².